The maximum atomic E-state index is 3.72. The van der Waals surface area contributed by atoms with E-state index < -0.39 is 0 Å². The average molecular weight is 455 g/mol. The van der Waals surface area contributed by atoms with Crippen LogP contribution in [0, 0.1) is 0 Å². The van der Waals surface area contributed by atoms with E-state index >= 15 is 0 Å². The molecule has 1 N–H and O–H groups in total. The minimum absolute atomic E-state index is 0. The van der Waals surface area contributed by atoms with Gasteiger partial charge in [-0.05, 0) is 32.4 Å². The van der Waals surface area contributed by atoms with Crippen LogP contribution in [0.2, 0.25) is 0 Å². The fourth-order valence-electron chi connectivity index (χ4n) is 3.85. The van der Waals surface area contributed by atoms with Crippen LogP contribution in [0.25, 0.3) is 0 Å². The van der Waals surface area contributed by atoms with Gasteiger partial charge in [0.05, 0.1) is 0 Å². The standard InChI is InChI=1S/C26H47N.BrH/c1-4-5-6-7-8-9-10-11-12-13-14-15-16-17-21-24-27-26(2,3)25-22-19-18-20-23-25;/h18-20,22-23,27H,4-17,21,24H2,1-3H3;1H. The van der Waals surface area contributed by atoms with Crippen molar-refractivity contribution in [2.24, 2.45) is 0 Å². The molecule has 164 valence electrons. The van der Waals surface area contributed by atoms with E-state index in [2.05, 4.69) is 56.4 Å². The van der Waals surface area contributed by atoms with Crippen molar-refractivity contribution in [2.75, 3.05) is 6.54 Å². The summed E-state index contributed by atoms with van der Waals surface area (Å²) < 4.78 is 0. The third-order valence-electron chi connectivity index (χ3n) is 5.84. The summed E-state index contributed by atoms with van der Waals surface area (Å²) in [5.41, 5.74) is 1.46. The van der Waals surface area contributed by atoms with Gasteiger partial charge in [-0.3, -0.25) is 0 Å². The molecule has 1 aromatic rings. The fraction of sp³-hybridized carbons (Fsp3) is 0.769. The Morgan fingerprint density at radius 3 is 1.43 bits per heavy atom. The van der Waals surface area contributed by atoms with Crippen molar-refractivity contribution in [3.05, 3.63) is 35.9 Å². The maximum Gasteiger partial charge on any atom is 0.0377 e. The van der Waals surface area contributed by atoms with Gasteiger partial charge in [-0.1, -0.05) is 127 Å². The number of hydrogen-bond acceptors (Lipinski definition) is 1. The number of nitrogens with one attached hydrogen (secondary N) is 1. The van der Waals surface area contributed by atoms with Crippen molar-refractivity contribution >= 4 is 17.0 Å². The molecule has 0 aliphatic rings. The zero-order valence-electron chi connectivity index (χ0n) is 19.1. The molecule has 0 bridgehead atoms. The predicted octanol–water partition coefficient (Wildman–Crippen LogP) is 8.96. The lowest BCUT2D eigenvalue weighted by molar-refractivity contribution is 0.394. The van der Waals surface area contributed by atoms with Gasteiger partial charge in [0.1, 0.15) is 0 Å². The third kappa shape index (κ3) is 14.6. The summed E-state index contributed by atoms with van der Waals surface area (Å²) in [4.78, 5) is 0. The van der Waals surface area contributed by atoms with Crippen molar-refractivity contribution in [3.8, 4) is 0 Å². The highest BCUT2D eigenvalue weighted by Gasteiger charge is 2.18. The van der Waals surface area contributed by atoms with Crippen LogP contribution in [0.5, 0.6) is 0 Å². The lowest BCUT2D eigenvalue weighted by Gasteiger charge is -2.27. The molecule has 0 aromatic heterocycles. The second-order valence-electron chi connectivity index (χ2n) is 8.87. The Kier molecular flexibility index (Phi) is 18.4. The van der Waals surface area contributed by atoms with Crippen molar-refractivity contribution in [3.63, 3.8) is 0 Å². The van der Waals surface area contributed by atoms with E-state index in [1.165, 1.54) is 102 Å². The van der Waals surface area contributed by atoms with E-state index in [-0.39, 0.29) is 22.5 Å². The van der Waals surface area contributed by atoms with Crippen LogP contribution in [-0.4, -0.2) is 6.54 Å². The van der Waals surface area contributed by atoms with Crippen molar-refractivity contribution in [1.82, 2.24) is 5.32 Å². The SMILES string of the molecule is Br.CCCCCCCCCCCCCCCCCNC(C)(C)c1ccccc1. The third-order valence-corrected chi connectivity index (χ3v) is 5.84. The first kappa shape index (κ1) is 27.7. The molecule has 0 saturated heterocycles. The number of rotatable bonds is 18. The maximum absolute atomic E-state index is 3.72. The summed E-state index contributed by atoms with van der Waals surface area (Å²) in [6.45, 7) is 7.99. The van der Waals surface area contributed by atoms with Gasteiger partial charge >= 0.3 is 0 Å². The molecule has 0 amide bonds. The van der Waals surface area contributed by atoms with Crippen molar-refractivity contribution in [2.45, 2.75) is 123 Å². The first-order valence-corrected chi connectivity index (χ1v) is 12.0. The van der Waals surface area contributed by atoms with Crippen LogP contribution in [0.1, 0.15) is 123 Å². The normalized spacial score (nSPS) is 11.4. The van der Waals surface area contributed by atoms with Crippen molar-refractivity contribution < 1.29 is 0 Å². The minimum Gasteiger partial charge on any atom is -0.308 e. The molecular weight excluding hydrogens is 406 g/mol. The Morgan fingerprint density at radius 2 is 1.00 bits per heavy atom. The molecular formula is C26H48BrN. The molecule has 0 atom stereocenters. The van der Waals surface area contributed by atoms with E-state index in [1.54, 1.807) is 0 Å². The van der Waals surface area contributed by atoms with Gasteiger partial charge in [0, 0.05) is 5.54 Å². The van der Waals surface area contributed by atoms with E-state index in [1.807, 2.05) is 0 Å². The topological polar surface area (TPSA) is 12.0 Å². The van der Waals surface area contributed by atoms with Crippen molar-refractivity contribution in [1.29, 1.82) is 0 Å². The van der Waals surface area contributed by atoms with Crippen LogP contribution in [0.15, 0.2) is 30.3 Å². The predicted molar refractivity (Wildman–Crippen MR) is 133 cm³/mol. The molecule has 0 radical (unpaired) electrons. The van der Waals surface area contributed by atoms with Crippen LogP contribution < -0.4 is 5.32 Å². The zero-order valence-corrected chi connectivity index (χ0v) is 20.8. The molecule has 1 nitrogen and oxygen atoms in total. The summed E-state index contributed by atoms with van der Waals surface area (Å²) in [5.74, 6) is 0. The smallest absolute Gasteiger partial charge is 0.0377 e. The molecule has 28 heavy (non-hydrogen) atoms. The summed E-state index contributed by atoms with van der Waals surface area (Å²) in [6.07, 6.45) is 21.4. The lowest BCUT2D eigenvalue weighted by Crippen LogP contribution is -2.37. The second kappa shape index (κ2) is 18.7. The van der Waals surface area contributed by atoms with Crippen LogP contribution in [-0.2, 0) is 5.54 Å². The van der Waals surface area contributed by atoms with Crippen LogP contribution in [0.3, 0.4) is 0 Å². The first-order chi connectivity index (χ1) is 13.2. The number of unbranched alkanes of at least 4 members (excludes halogenated alkanes) is 14. The summed E-state index contributed by atoms with van der Waals surface area (Å²) in [7, 11) is 0. The van der Waals surface area contributed by atoms with E-state index in [9.17, 15) is 0 Å². The van der Waals surface area contributed by atoms with Gasteiger partial charge in [-0.2, -0.15) is 0 Å². The molecule has 0 unspecified atom stereocenters. The van der Waals surface area contributed by atoms with Gasteiger partial charge in [0.25, 0.3) is 0 Å². The molecule has 0 spiro atoms. The minimum atomic E-state index is 0. The number of hydrogen-bond donors (Lipinski definition) is 1. The van der Waals surface area contributed by atoms with E-state index in [4.69, 9.17) is 0 Å². The Morgan fingerprint density at radius 1 is 0.607 bits per heavy atom. The van der Waals surface area contributed by atoms with Gasteiger partial charge in [0.2, 0.25) is 0 Å². The summed E-state index contributed by atoms with van der Waals surface area (Å²) in [6, 6.07) is 10.8. The monoisotopic (exact) mass is 453 g/mol. The summed E-state index contributed by atoms with van der Waals surface area (Å²) in [5, 5.41) is 3.72. The highest BCUT2D eigenvalue weighted by Crippen LogP contribution is 2.19. The molecule has 0 aliphatic heterocycles. The Labute approximate surface area is 187 Å². The van der Waals surface area contributed by atoms with Gasteiger partial charge in [-0.25, -0.2) is 0 Å². The Balaban J connectivity index is 0.00000729. The molecule has 1 rings (SSSR count). The summed E-state index contributed by atoms with van der Waals surface area (Å²) >= 11 is 0. The van der Waals surface area contributed by atoms with Gasteiger partial charge < -0.3 is 5.32 Å². The molecule has 0 fully saturated rings. The Bertz CT molecular complexity index is 429. The first-order valence-electron chi connectivity index (χ1n) is 12.0. The largest absolute Gasteiger partial charge is 0.308 e. The Hall–Kier alpha value is -0.340. The second-order valence-corrected chi connectivity index (χ2v) is 8.87. The van der Waals surface area contributed by atoms with Crippen LogP contribution in [0.4, 0.5) is 0 Å². The van der Waals surface area contributed by atoms with Gasteiger partial charge in [0.15, 0.2) is 0 Å². The number of benzene rings is 1. The number of halogens is 1. The molecule has 0 saturated carbocycles. The molecule has 0 heterocycles. The van der Waals surface area contributed by atoms with Crippen LogP contribution >= 0.6 is 17.0 Å². The molecule has 0 aliphatic carbocycles. The highest BCUT2D eigenvalue weighted by molar-refractivity contribution is 8.93. The quantitative estimate of drug-likeness (QED) is 0.218. The lowest BCUT2D eigenvalue weighted by atomic mass is 9.94. The molecule has 1 aromatic carbocycles. The van der Waals surface area contributed by atoms with Gasteiger partial charge in [-0.15, -0.1) is 17.0 Å². The van der Waals surface area contributed by atoms with E-state index in [0.717, 1.165) is 6.54 Å². The average Bonchev–Trinajstić information content (AvgIpc) is 2.68. The zero-order chi connectivity index (χ0) is 19.6. The van der Waals surface area contributed by atoms with E-state index in [0.29, 0.717) is 0 Å². The molecule has 2 heteroatoms. The highest BCUT2D eigenvalue weighted by atomic mass is 79.9. The fourth-order valence-corrected chi connectivity index (χ4v) is 3.85.